The molecule has 0 aliphatic heterocycles. The van der Waals surface area contributed by atoms with Gasteiger partial charge in [0.2, 0.25) is 0 Å². The van der Waals surface area contributed by atoms with E-state index in [1.807, 2.05) is 13.8 Å². The van der Waals surface area contributed by atoms with Crippen LogP contribution in [-0.4, -0.2) is 26.5 Å². The SMILES string of the molecule is CCCCOP(C)(=O)[O-].CCCCOP(C)(=O)[O-].[Zn+2]. The maximum atomic E-state index is 10.3. The van der Waals surface area contributed by atoms with E-state index in [1.54, 1.807) is 0 Å². The quantitative estimate of drug-likeness (QED) is 0.369. The number of unbranched alkanes of at least 4 members (excludes halogenated alkanes) is 2. The van der Waals surface area contributed by atoms with Gasteiger partial charge in [0.15, 0.2) is 0 Å². The van der Waals surface area contributed by atoms with Crippen LogP contribution < -0.4 is 9.79 Å². The average molecular weight is 368 g/mol. The molecule has 9 heteroatoms. The van der Waals surface area contributed by atoms with Gasteiger partial charge in [-0.05, 0) is 12.8 Å². The molecule has 6 nitrogen and oxygen atoms in total. The zero-order valence-corrected chi connectivity index (χ0v) is 17.0. The van der Waals surface area contributed by atoms with Crippen LogP contribution in [0.4, 0.5) is 0 Å². The molecule has 0 spiro atoms. The Kier molecular flexibility index (Phi) is 18.2. The van der Waals surface area contributed by atoms with Gasteiger partial charge in [-0.1, -0.05) is 26.7 Å². The fourth-order valence-electron chi connectivity index (χ4n) is 0.749. The fourth-order valence-corrected chi connectivity index (χ4v) is 1.67. The van der Waals surface area contributed by atoms with Crippen molar-refractivity contribution in [2.75, 3.05) is 26.5 Å². The normalized spacial score (nSPS) is 16.3. The second-order valence-electron chi connectivity index (χ2n) is 3.92. The number of hydrogen-bond acceptors (Lipinski definition) is 6. The van der Waals surface area contributed by atoms with E-state index in [9.17, 15) is 18.9 Å². The Labute approximate surface area is 129 Å². The van der Waals surface area contributed by atoms with Gasteiger partial charge in [-0.2, -0.15) is 0 Å². The molecule has 0 rings (SSSR count). The summed E-state index contributed by atoms with van der Waals surface area (Å²) >= 11 is 0. The molecule has 2 atom stereocenters. The van der Waals surface area contributed by atoms with E-state index in [0.29, 0.717) is 13.2 Å². The summed E-state index contributed by atoms with van der Waals surface area (Å²) in [6.45, 7) is 6.79. The third kappa shape index (κ3) is 32.5. The van der Waals surface area contributed by atoms with Crippen LogP contribution in [0, 0.1) is 0 Å². The van der Waals surface area contributed by atoms with Gasteiger partial charge in [0.25, 0.3) is 0 Å². The van der Waals surface area contributed by atoms with Gasteiger partial charge in [-0.3, -0.25) is 0 Å². The van der Waals surface area contributed by atoms with Gasteiger partial charge in [-0.15, -0.1) is 0 Å². The summed E-state index contributed by atoms with van der Waals surface area (Å²) in [5.41, 5.74) is 0. The van der Waals surface area contributed by atoms with Crippen molar-refractivity contribution >= 4 is 15.2 Å². The van der Waals surface area contributed by atoms with Crippen molar-refractivity contribution in [2.24, 2.45) is 0 Å². The monoisotopic (exact) mass is 366 g/mol. The minimum absolute atomic E-state index is 0. The van der Waals surface area contributed by atoms with Crippen LogP contribution in [0.5, 0.6) is 0 Å². The third-order valence-corrected chi connectivity index (χ3v) is 2.95. The Balaban J connectivity index is -0.000000256. The van der Waals surface area contributed by atoms with Gasteiger partial charge < -0.3 is 28.0 Å². The van der Waals surface area contributed by atoms with E-state index in [2.05, 4.69) is 9.05 Å². The van der Waals surface area contributed by atoms with Crippen LogP contribution in [0.15, 0.2) is 0 Å². The summed E-state index contributed by atoms with van der Waals surface area (Å²) in [5, 5.41) is 0. The van der Waals surface area contributed by atoms with Crippen LogP contribution >= 0.6 is 15.2 Å². The van der Waals surface area contributed by atoms with Crippen molar-refractivity contribution in [3.8, 4) is 0 Å². The zero-order valence-electron chi connectivity index (χ0n) is 12.3. The van der Waals surface area contributed by atoms with Crippen molar-refractivity contribution < 1.29 is 47.4 Å². The first-order chi connectivity index (χ1) is 8.12. The molecule has 0 saturated carbocycles. The van der Waals surface area contributed by atoms with Crippen molar-refractivity contribution in [1.82, 2.24) is 0 Å². The molecular weight excluding hydrogens is 343 g/mol. The standard InChI is InChI=1S/2C5H13O3P.Zn/c2*1-3-4-5-8-9(2,6)7;/h2*3-5H2,1-2H3,(H,6,7);/q;;+2/p-2. The molecule has 0 aliphatic rings. The molecule has 0 radical (unpaired) electrons. The first-order valence-electron chi connectivity index (χ1n) is 5.98. The smallest absolute Gasteiger partial charge is 0.779 e. The predicted octanol–water partition coefficient (Wildman–Crippen LogP) is 1.97. The van der Waals surface area contributed by atoms with Crippen LogP contribution in [0.3, 0.4) is 0 Å². The van der Waals surface area contributed by atoms with Crippen LogP contribution in [-0.2, 0) is 37.7 Å². The first kappa shape index (κ1) is 24.9. The molecule has 0 aromatic heterocycles. The summed E-state index contributed by atoms with van der Waals surface area (Å²) in [4.78, 5) is 20.6. The molecule has 112 valence electrons. The molecule has 19 heavy (non-hydrogen) atoms. The van der Waals surface area contributed by atoms with Gasteiger partial charge in [-0.25, -0.2) is 0 Å². The third-order valence-electron chi connectivity index (χ3n) is 1.65. The molecule has 2 unspecified atom stereocenters. The van der Waals surface area contributed by atoms with Gasteiger partial charge in [0.05, 0.1) is 13.2 Å². The summed E-state index contributed by atoms with van der Waals surface area (Å²) in [5.74, 6) is 0. The van der Waals surface area contributed by atoms with E-state index in [0.717, 1.165) is 39.0 Å². The molecule has 0 amide bonds. The second kappa shape index (κ2) is 13.9. The van der Waals surface area contributed by atoms with E-state index in [-0.39, 0.29) is 19.5 Å². The molecule has 0 heterocycles. The van der Waals surface area contributed by atoms with Crippen molar-refractivity contribution in [3.63, 3.8) is 0 Å². The molecule has 0 aromatic carbocycles. The van der Waals surface area contributed by atoms with Gasteiger partial charge >= 0.3 is 19.5 Å². The predicted molar refractivity (Wildman–Crippen MR) is 68.8 cm³/mol. The Hall–Kier alpha value is 0.923. The average Bonchev–Trinajstić information content (AvgIpc) is 2.16. The van der Waals surface area contributed by atoms with Crippen LogP contribution in [0.1, 0.15) is 39.5 Å². The molecular formula is C10H24O6P2Zn. The first-order valence-corrected chi connectivity index (χ1v) is 9.96. The summed E-state index contributed by atoms with van der Waals surface area (Å²) in [6.07, 6.45) is 3.53. The molecule has 0 N–H and O–H groups in total. The number of hydrogen-bond donors (Lipinski definition) is 0. The second-order valence-corrected chi connectivity index (χ2v) is 7.52. The van der Waals surface area contributed by atoms with Gasteiger partial charge in [0.1, 0.15) is 15.2 Å². The van der Waals surface area contributed by atoms with Crippen molar-refractivity contribution in [1.29, 1.82) is 0 Å². The Morgan fingerprint density at radius 2 is 1.11 bits per heavy atom. The summed E-state index contributed by atoms with van der Waals surface area (Å²) in [6, 6.07) is 0. The summed E-state index contributed by atoms with van der Waals surface area (Å²) < 4.78 is 29.6. The van der Waals surface area contributed by atoms with E-state index < -0.39 is 15.2 Å². The minimum atomic E-state index is -3.45. The molecule has 0 saturated heterocycles. The Bertz CT molecular complexity index is 247. The molecule has 0 bridgehead atoms. The Morgan fingerprint density at radius 1 is 0.842 bits per heavy atom. The topological polar surface area (TPSA) is 98.7 Å². The number of rotatable bonds is 8. The van der Waals surface area contributed by atoms with E-state index in [1.165, 1.54) is 0 Å². The fraction of sp³-hybridized carbons (Fsp3) is 1.00. The van der Waals surface area contributed by atoms with E-state index in [4.69, 9.17) is 0 Å². The minimum Gasteiger partial charge on any atom is -0.779 e. The van der Waals surface area contributed by atoms with Crippen LogP contribution in [0.25, 0.3) is 0 Å². The molecule has 0 aliphatic carbocycles. The maximum absolute atomic E-state index is 10.3. The summed E-state index contributed by atoms with van der Waals surface area (Å²) in [7, 11) is -6.89. The van der Waals surface area contributed by atoms with Crippen molar-refractivity contribution in [2.45, 2.75) is 39.5 Å². The van der Waals surface area contributed by atoms with E-state index >= 15 is 0 Å². The van der Waals surface area contributed by atoms with Crippen LogP contribution in [0.2, 0.25) is 0 Å². The Morgan fingerprint density at radius 3 is 1.26 bits per heavy atom. The maximum Gasteiger partial charge on any atom is 2.00 e. The molecule has 0 fully saturated rings. The molecule has 0 aromatic rings. The van der Waals surface area contributed by atoms with Crippen molar-refractivity contribution in [3.05, 3.63) is 0 Å². The zero-order chi connectivity index (χ0) is 14.7. The van der Waals surface area contributed by atoms with Gasteiger partial charge in [0, 0.05) is 13.3 Å². The largest absolute Gasteiger partial charge is 2.00 e.